The fourth-order valence-electron chi connectivity index (χ4n) is 1.80. The Morgan fingerprint density at radius 3 is 2.75 bits per heavy atom. The van der Waals surface area contributed by atoms with Gasteiger partial charge in [-0.2, -0.15) is 0 Å². The fraction of sp³-hybridized carbons (Fsp3) is 0.462. The number of nitrogens with one attached hydrogen (secondary N) is 1. The normalized spacial score (nSPS) is 13.6. The molecule has 1 aromatic carbocycles. The summed E-state index contributed by atoms with van der Waals surface area (Å²) in [6, 6.07) is 6.18. The van der Waals surface area contributed by atoms with Crippen molar-refractivity contribution in [2.24, 2.45) is 0 Å². The van der Waals surface area contributed by atoms with Gasteiger partial charge in [0.2, 0.25) is 5.91 Å². The molecule has 1 unspecified atom stereocenters. The molecule has 1 amide bonds. The van der Waals surface area contributed by atoms with E-state index in [9.17, 15) is 20.0 Å². The zero-order valence-electron chi connectivity index (χ0n) is 11.5. The Kier molecular flexibility index (Phi) is 5.60. The average molecular weight is 282 g/mol. The second kappa shape index (κ2) is 6.97. The molecule has 0 fully saturated rings. The number of benzene rings is 1. The number of carbonyl (C=O) groups is 1. The monoisotopic (exact) mass is 282 g/mol. The van der Waals surface area contributed by atoms with Crippen LogP contribution in [0.2, 0.25) is 0 Å². The molecule has 0 saturated carbocycles. The van der Waals surface area contributed by atoms with Crippen molar-refractivity contribution < 1.29 is 19.6 Å². The predicted molar refractivity (Wildman–Crippen MR) is 72.1 cm³/mol. The van der Waals surface area contributed by atoms with E-state index < -0.39 is 16.4 Å². The second-order valence-corrected chi connectivity index (χ2v) is 4.77. The Bertz CT molecular complexity index is 487. The van der Waals surface area contributed by atoms with Gasteiger partial charge in [-0.15, -0.1) is 0 Å². The van der Waals surface area contributed by atoms with Gasteiger partial charge in [0.05, 0.1) is 23.6 Å². The number of nitrogens with zero attached hydrogens (tertiary/aromatic N) is 1. The number of nitro groups is 1. The smallest absolute Gasteiger partial charge is 0.274 e. The molecule has 7 heteroatoms. The number of hydrogen-bond donors (Lipinski definition) is 2. The van der Waals surface area contributed by atoms with Crippen molar-refractivity contribution in [1.82, 2.24) is 5.32 Å². The molecule has 0 spiro atoms. The molecule has 20 heavy (non-hydrogen) atoms. The Labute approximate surface area is 116 Å². The highest BCUT2D eigenvalue weighted by atomic mass is 16.6. The summed E-state index contributed by atoms with van der Waals surface area (Å²) >= 11 is 0. The predicted octanol–water partition coefficient (Wildman–Crippen LogP) is 0.998. The first-order valence-corrected chi connectivity index (χ1v) is 6.06. The molecule has 1 rings (SSSR count). The van der Waals surface area contributed by atoms with Gasteiger partial charge < -0.3 is 15.2 Å². The Balaban J connectivity index is 2.60. The molecule has 2 N–H and O–H groups in total. The van der Waals surface area contributed by atoms with Crippen molar-refractivity contribution in [2.45, 2.75) is 25.5 Å². The van der Waals surface area contributed by atoms with E-state index in [1.165, 1.54) is 20.1 Å². The van der Waals surface area contributed by atoms with E-state index in [4.69, 9.17) is 4.74 Å². The van der Waals surface area contributed by atoms with Crippen LogP contribution in [0.5, 0.6) is 0 Å². The van der Waals surface area contributed by atoms with Crippen molar-refractivity contribution in [3.63, 3.8) is 0 Å². The van der Waals surface area contributed by atoms with Gasteiger partial charge in [0.25, 0.3) is 5.69 Å². The third-order valence-electron chi connectivity index (χ3n) is 2.66. The van der Waals surface area contributed by atoms with Crippen LogP contribution in [0, 0.1) is 10.1 Å². The second-order valence-electron chi connectivity index (χ2n) is 4.77. The quantitative estimate of drug-likeness (QED) is 0.573. The maximum absolute atomic E-state index is 11.7. The van der Waals surface area contributed by atoms with Crippen LogP contribution in [0.4, 0.5) is 5.69 Å². The van der Waals surface area contributed by atoms with E-state index in [2.05, 4.69) is 5.32 Å². The highest BCUT2D eigenvalue weighted by Crippen LogP contribution is 2.17. The van der Waals surface area contributed by atoms with Crippen LogP contribution in [-0.4, -0.2) is 35.3 Å². The van der Waals surface area contributed by atoms with Gasteiger partial charge in [-0.25, -0.2) is 0 Å². The molecular weight excluding hydrogens is 264 g/mol. The first-order valence-electron chi connectivity index (χ1n) is 6.06. The average Bonchev–Trinajstić information content (AvgIpc) is 2.35. The lowest BCUT2D eigenvalue weighted by Crippen LogP contribution is -2.37. The maximum Gasteiger partial charge on any atom is 0.274 e. The Morgan fingerprint density at radius 1 is 1.50 bits per heavy atom. The minimum absolute atomic E-state index is 0.0336. The summed E-state index contributed by atoms with van der Waals surface area (Å²) < 4.78 is 4.80. The number of para-hydroxylation sites is 1. The number of hydrogen-bond acceptors (Lipinski definition) is 5. The highest BCUT2D eigenvalue weighted by Gasteiger charge is 2.24. The zero-order chi connectivity index (χ0) is 15.2. The highest BCUT2D eigenvalue weighted by molar-refractivity contribution is 5.77. The summed E-state index contributed by atoms with van der Waals surface area (Å²) in [5, 5.41) is 23.2. The van der Waals surface area contributed by atoms with Crippen molar-refractivity contribution in [3.8, 4) is 0 Å². The number of nitro benzene ring substituents is 1. The molecule has 0 bridgehead atoms. The van der Waals surface area contributed by atoms with Gasteiger partial charge in [-0.1, -0.05) is 18.2 Å². The largest absolute Gasteiger partial charge is 0.387 e. The molecule has 0 aliphatic carbocycles. The van der Waals surface area contributed by atoms with Crippen molar-refractivity contribution in [2.75, 3.05) is 13.7 Å². The number of carbonyl (C=O) groups excluding carboxylic acids is 1. The first-order chi connectivity index (χ1) is 9.35. The SMILES string of the molecule is COCC(C)(O)CC(=O)NCc1ccccc1[N+](=O)[O-]. The summed E-state index contributed by atoms with van der Waals surface area (Å²) in [6.45, 7) is 1.56. The standard InChI is InChI=1S/C13H18N2O5/c1-13(17,9-20-2)7-12(16)14-8-10-5-3-4-6-11(10)15(18)19/h3-6,17H,7-9H2,1-2H3,(H,14,16). The summed E-state index contributed by atoms with van der Waals surface area (Å²) in [7, 11) is 1.43. The third kappa shape index (κ3) is 4.94. The van der Waals surface area contributed by atoms with Gasteiger partial charge in [0.15, 0.2) is 0 Å². The molecule has 110 valence electrons. The van der Waals surface area contributed by atoms with Crippen LogP contribution >= 0.6 is 0 Å². The van der Waals surface area contributed by atoms with Gasteiger partial charge in [-0.3, -0.25) is 14.9 Å². The molecule has 7 nitrogen and oxygen atoms in total. The van der Waals surface area contributed by atoms with E-state index in [1.54, 1.807) is 18.2 Å². The summed E-state index contributed by atoms with van der Waals surface area (Å²) in [4.78, 5) is 22.0. The van der Waals surface area contributed by atoms with E-state index in [0.29, 0.717) is 5.56 Å². The molecule has 1 atom stereocenters. The molecule has 0 saturated heterocycles. The van der Waals surface area contributed by atoms with E-state index in [-0.39, 0.29) is 25.3 Å². The molecule has 0 heterocycles. The number of aliphatic hydroxyl groups is 1. The van der Waals surface area contributed by atoms with Crippen LogP contribution in [0.1, 0.15) is 18.9 Å². The number of methoxy groups -OCH3 is 1. The Morgan fingerprint density at radius 2 is 2.15 bits per heavy atom. The lowest BCUT2D eigenvalue weighted by atomic mass is 10.0. The van der Waals surface area contributed by atoms with E-state index in [1.807, 2.05) is 0 Å². The van der Waals surface area contributed by atoms with Gasteiger partial charge in [0.1, 0.15) is 0 Å². The number of ether oxygens (including phenoxy) is 1. The molecule has 0 radical (unpaired) electrons. The van der Waals surface area contributed by atoms with Gasteiger partial charge in [0, 0.05) is 25.3 Å². The number of amides is 1. The zero-order valence-corrected chi connectivity index (χ0v) is 11.5. The van der Waals surface area contributed by atoms with Crippen LogP contribution in [0.15, 0.2) is 24.3 Å². The fourth-order valence-corrected chi connectivity index (χ4v) is 1.80. The first kappa shape index (κ1) is 16.1. The molecule has 0 aliphatic heterocycles. The summed E-state index contributed by atoms with van der Waals surface area (Å²) in [6.07, 6.45) is -0.137. The number of rotatable bonds is 7. The molecular formula is C13H18N2O5. The van der Waals surface area contributed by atoms with Gasteiger partial charge >= 0.3 is 0 Å². The van der Waals surface area contributed by atoms with E-state index in [0.717, 1.165) is 0 Å². The third-order valence-corrected chi connectivity index (χ3v) is 2.66. The van der Waals surface area contributed by atoms with Gasteiger partial charge in [-0.05, 0) is 6.92 Å². The maximum atomic E-state index is 11.7. The van der Waals surface area contributed by atoms with Crippen molar-refractivity contribution in [1.29, 1.82) is 0 Å². The van der Waals surface area contributed by atoms with Crippen molar-refractivity contribution >= 4 is 11.6 Å². The summed E-state index contributed by atoms with van der Waals surface area (Å²) in [5.41, 5.74) is -0.893. The molecule has 1 aromatic rings. The topological polar surface area (TPSA) is 102 Å². The lowest BCUT2D eigenvalue weighted by molar-refractivity contribution is -0.385. The van der Waals surface area contributed by atoms with Crippen LogP contribution in [0.3, 0.4) is 0 Å². The van der Waals surface area contributed by atoms with Crippen LogP contribution in [-0.2, 0) is 16.1 Å². The summed E-state index contributed by atoms with van der Waals surface area (Å²) in [5.74, 6) is -0.398. The van der Waals surface area contributed by atoms with Crippen LogP contribution in [0.25, 0.3) is 0 Å². The molecule has 0 aromatic heterocycles. The van der Waals surface area contributed by atoms with Crippen LogP contribution < -0.4 is 5.32 Å². The van der Waals surface area contributed by atoms with E-state index >= 15 is 0 Å². The van der Waals surface area contributed by atoms with Crippen molar-refractivity contribution in [3.05, 3.63) is 39.9 Å². The Hall–Kier alpha value is -1.99. The minimum Gasteiger partial charge on any atom is -0.387 e. The minimum atomic E-state index is -1.26. The lowest BCUT2D eigenvalue weighted by Gasteiger charge is -2.21. The molecule has 0 aliphatic rings.